The molecule has 20 heavy (non-hydrogen) atoms. The number of carbonyl (C=O) groups is 1. The van der Waals surface area contributed by atoms with Crippen molar-refractivity contribution in [1.29, 1.82) is 0 Å². The fourth-order valence-electron chi connectivity index (χ4n) is 2.41. The fraction of sp³-hybridized carbons (Fsp3) is 0.533. The first-order chi connectivity index (χ1) is 9.38. The smallest absolute Gasteiger partial charge is 0.164 e. The Kier molecular flexibility index (Phi) is 4.70. The molecule has 3 nitrogen and oxygen atoms in total. The van der Waals surface area contributed by atoms with Gasteiger partial charge < -0.3 is 4.90 Å². The van der Waals surface area contributed by atoms with E-state index in [1.165, 1.54) is 24.3 Å². The van der Waals surface area contributed by atoms with Gasteiger partial charge in [0.15, 0.2) is 5.78 Å². The molecule has 1 aromatic carbocycles. The monoisotopic (exact) mass is 297 g/mol. The normalized spacial score (nSPS) is 22.6. The van der Waals surface area contributed by atoms with E-state index in [9.17, 15) is 13.4 Å². The van der Waals surface area contributed by atoms with E-state index in [4.69, 9.17) is 0 Å². The number of hydrogen-bond acceptors (Lipinski definition) is 3. The first-order valence-electron chi connectivity index (χ1n) is 6.78. The van der Waals surface area contributed by atoms with Gasteiger partial charge in [0.2, 0.25) is 0 Å². The molecular formula is C15H20FNO2S. The van der Waals surface area contributed by atoms with Gasteiger partial charge in [-0.05, 0) is 38.1 Å². The molecule has 0 saturated carbocycles. The van der Waals surface area contributed by atoms with Crippen molar-refractivity contribution < 1.29 is 13.4 Å². The Morgan fingerprint density at radius 3 is 2.60 bits per heavy atom. The average Bonchev–Trinajstić information content (AvgIpc) is 2.40. The molecule has 5 heteroatoms. The average molecular weight is 297 g/mol. The van der Waals surface area contributed by atoms with Crippen LogP contribution in [-0.4, -0.2) is 45.0 Å². The van der Waals surface area contributed by atoms with Gasteiger partial charge >= 0.3 is 0 Å². The highest BCUT2D eigenvalue weighted by Crippen LogP contribution is 2.20. The second-order valence-corrected chi connectivity index (χ2v) is 7.97. The maximum Gasteiger partial charge on any atom is 0.164 e. The van der Waals surface area contributed by atoms with Crippen molar-refractivity contribution >= 4 is 16.6 Å². The minimum Gasteiger partial charge on any atom is -0.301 e. The van der Waals surface area contributed by atoms with Gasteiger partial charge in [0, 0.05) is 48.2 Å². The standard InChI is InChI=1S/C15H20FNO2S/c1-15(2)11-17(9-10-20(15)19)8-7-14(18)12-3-5-13(16)6-4-12/h3-6H,7-11H2,1-2H3. The molecule has 0 radical (unpaired) electrons. The lowest BCUT2D eigenvalue weighted by Gasteiger charge is -2.37. The van der Waals surface area contributed by atoms with Crippen LogP contribution in [0.15, 0.2) is 24.3 Å². The van der Waals surface area contributed by atoms with E-state index in [1.54, 1.807) is 0 Å². The molecule has 1 fully saturated rings. The minimum atomic E-state index is -0.792. The van der Waals surface area contributed by atoms with E-state index in [1.807, 2.05) is 13.8 Å². The number of hydrogen-bond donors (Lipinski definition) is 0. The molecule has 1 aliphatic rings. The van der Waals surface area contributed by atoms with E-state index in [0.29, 0.717) is 24.3 Å². The second-order valence-electron chi connectivity index (χ2n) is 5.77. The third-order valence-corrected chi connectivity index (χ3v) is 5.55. The number of benzene rings is 1. The van der Waals surface area contributed by atoms with E-state index in [0.717, 1.165) is 13.1 Å². The van der Waals surface area contributed by atoms with E-state index in [-0.39, 0.29) is 16.3 Å². The zero-order chi connectivity index (χ0) is 14.8. The Labute approximate surface area is 121 Å². The lowest BCUT2D eigenvalue weighted by Crippen LogP contribution is -2.50. The molecule has 1 atom stereocenters. The van der Waals surface area contributed by atoms with Gasteiger partial charge in [-0.1, -0.05) is 0 Å². The number of Topliss-reactive ketones (excluding diaryl/α,β-unsaturated/α-hetero) is 1. The highest BCUT2D eigenvalue weighted by atomic mass is 32.2. The molecule has 1 heterocycles. The Morgan fingerprint density at radius 2 is 2.00 bits per heavy atom. The molecule has 0 N–H and O–H groups in total. The van der Waals surface area contributed by atoms with Gasteiger partial charge in [-0.25, -0.2) is 4.39 Å². The number of ketones is 1. The van der Waals surface area contributed by atoms with Crippen LogP contribution in [0.3, 0.4) is 0 Å². The Bertz CT molecular complexity index is 513. The molecule has 1 saturated heterocycles. The summed E-state index contributed by atoms with van der Waals surface area (Å²) in [6, 6.07) is 5.65. The van der Waals surface area contributed by atoms with E-state index < -0.39 is 10.8 Å². The van der Waals surface area contributed by atoms with Crippen LogP contribution >= 0.6 is 0 Å². The van der Waals surface area contributed by atoms with Crippen LogP contribution in [0.5, 0.6) is 0 Å². The van der Waals surface area contributed by atoms with Gasteiger partial charge in [-0.3, -0.25) is 9.00 Å². The van der Waals surface area contributed by atoms with Crippen molar-refractivity contribution in [3.05, 3.63) is 35.6 Å². The predicted octanol–water partition coefficient (Wildman–Crippen LogP) is 2.24. The van der Waals surface area contributed by atoms with Crippen LogP contribution in [0.4, 0.5) is 4.39 Å². The third-order valence-electron chi connectivity index (χ3n) is 3.63. The molecule has 0 aromatic heterocycles. The Hall–Kier alpha value is -1.07. The Morgan fingerprint density at radius 1 is 1.35 bits per heavy atom. The minimum absolute atomic E-state index is 0.0227. The van der Waals surface area contributed by atoms with Crippen LogP contribution in [0.1, 0.15) is 30.6 Å². The van der Waals surface area contributed by atoms with Crippen molar-refractivity contribution in [2.24, 2.45) is 0 Å². The summed E-state index contributed by atoms with van der Waals surface area (Å²) in [6.45, 7) is 6.17. The van der Waals surface area contributed by atoms with E-state index >= 15 is 0 Å². The van der Waals surface area contributed by atoms with Gasteiger partial charge in [0.25, 0.3) is 0 Å². The zero-order valence-electron chi connectivity index (χ0n) is 11.9. The van der Waals surface area contributed by atoms with Gasteiger partial charge in [-0.2, -0.15) is 0 Å². The summed E-state index contributed by atoms with van der Waals surface area (Å²) < 4.78 is 24.4. The highest BCUT2D eigenvalue weighted by Gasteiger charge is 2.32. The van der Waals surface area contributed by atoms with E-state index in [2.05, 4.69) is 4.90 Å². The summed E-state index contributed by atoms with van der Waals surface area (Å²) in [4.78, 5) is 14.2. The summed E-state index contributed by atoms with van der Waals surface area (Å²) in [5.74, 6) is 0.355. The molecule has 0 aliphatic carbocycles. The van der Waals surface area contributed by atoms with Crippen LogP contribution in [-0.2, 0) is 10.8 Å². The molecule has 0 bridgehead atoms. The van der Waals surface area contributed by atoms with Gasteiger partial charge in [0.05, 0.1) is 4.75 Å². The third kappa shape index (κ3) is 3.73. The quantitative estimate of drug-likeness (QED) is 0.800. The summed E-state index contributed by atoms with van der Waals surface area (Å²) >= 11 is 0. The largest absolute Gasteiger partial charge is 0.301 e. The molecule has 0 amide bonds. The number of nitrogens with zero attached hydrogens (tertiary/aromatic N) is 1. The van der Waals surface area contributed by atoms with Crippen LogP contribution in [0.2, 0.25) is 0 Å². The van der Waals surface area contributed by atoms with Crippen molar-refractivity contribution in [2.45, 2.75) is 25.0 Å². The molecule has 0 spiro atoms. The lowest BCUT2D eigenvalue weighted by molar-refractivity contribution is 0.0962. The van der Waals surface area contributed by atoms with Crippen LogP contribution in [0.25, 0.3) is 0 Å². The van der Waals surface area contributed by atoms with Crippen molar-refractivity contribution in [1.82, 2.24) is 4.90 Å². The van der Waals surface area contributed by atoms with Crippen molar-refractivity contribution in [3.8, 4) is 0 Å². The summed E-state index contributed by atoms with van der Waals surface area (Å²) in [7, 11) is -0.792. The topological polar surface area (TPSA) is 37.4 Å². The summed E-state index contributed by atoms with van der Waals surface area (Å²) in [6.07, 6.45) is 0.411. The maximum absolute atomic E-state index is 12.8. The number of carbonyl (C=O) groups excluding carboxylic acids is 1. The second kappa shape index (κ2) is 6.14. The first-order valence-corrected chi connectivity index (χ1v) is 8.10. The summed E-state index contributed by atoms with van der Waals surface area (Å²) in [5.41, 5.74) is 0.547. The number of rotatable bonds is 4. The molecule has 1 aromatic rings. The molecule has 1 unspecified atom stereocenters. The van der Waals surface area contributed by atoms with Gasteiger partial charge in [0.1, 0.15) is 5.82 Å². The molecular weight excluding hydrogens is 277 g/mol. The maximum atomic E-state index is 12.8. The molecule has 1 aliphatic heterocycles. The zero-order valence-corrected chi connectivity index (χ0v) is 12.7. The van der Waals surface area contributed by atoms with Gasteiger partial charge in [-0.15, -0.1) is 0 Å². The number of halogens is 1. The summed E-state index contributed by atoms with van der Waals surface area (Å²) in [5, 5.41) is 0. The van der Waals surface area contributed by atoms with Crippen LogP contribution in [0, 0.1) is 5.82 Å². The fourth-order valence-corrected chi connectivity index (χ4v) is 3.71. The highest BCUT2D eigenvalue weighted by molar-refractivity contribution is 7.86. The molecule has 2 rings (SSSR count). The Balaban J connectivity index is 1.88. The van der Waals surface area contributed by atoms with Crippen molar-refractivity contribution in [3.63, 3.8) is 0 Å². The SMILES string of the molecule is CC1(C)CN(CCC(=O)c2ccc(F)cc2)CCS1=O. The lowest BCUT2D eigenvalue weighted by atomic mass is 10.1. The molecule has 110 valence electrons. The van der Waals surface area contributed by atoms with Crippen molar-refractivity contribution in [2.75, 3.05) is 25.4 Å². The van der Waals surface area contributed by atoms with Crippen LogP contribution < -0.4 is 0 Å². The first kappa shape index (κ1) is 15.3. The predicted molar refractivity (Wildman–Crippen MR) is 78.9 cm³/mol.